The second-order valence-corrected chi connectivity index (χ2v) is 5.68. The third-order valence-electron chi connectivity index (χ3n) is 2.67. The molecule has 0 bridgehead atoms. The summed E-state index contributed by atoms with van der Waals surface area (Å²) in [7, 11) is 0. The van der Waals surface area contributed by atoms with Crippen LogP contribution in [0.1, 0.15) is 18.5 Å². The zero-order valence-electron chi connectivity index (χ0n) is 9.82. The third kappa shape index (κ3) is 3.29. The summed E-state index contributed by atoms with van der Waals surface area (Å²) in [6.45, 7) is 2.06. The van der Waals surface area contributed by atoms with E-state index in [0.717, 1.165) is 19.8 Å². The standard InChI is InChI=1S/C14H13ClINO/c1-9(10-3-2-4-12(18)7-10)17-14-6-5-11(15)8-13(14)16/h2-9,17-18H,1H3. The fourth-order valence-corrected chi connectivity index (χ4v) is 2.74. The van der Waals surface area contributed by atoms with E-state index in [1.807, 2.05) is 30.3 Å². The highest BCUT2D eigenvalue weighted by Gasteiger charge is 2.08. The minimum Gasteiger partial charge on any atom is -0.508 e. The van der Waals surface area contributed by atoms with Crippen LogP contribution in [0.5, 0.6) is 5.75 Å². The Bertz CT molecular complexity index is 559. The molecule has 18 heavy (non-hydrogen) atoms. The Hall–Kier alpha value is -0.940. The van der Waals surface area contributed by atoms with Crippen LogP contribution in [-0.4, -0.2) is 5.11 Å². The van der Waals surface area contributed by atoms with Gasteiger partial charge in [-0.3, -0.25) is 0 Å². The number of hydrogen-bond acceptors (Lipinski definition) is 2. The van der Waals surface area contributed by atoms with Crippen LogP contribution in [0.4, 0.5) is 5.69 Å². The van der Waals surface area contributed by atoms with Gasteiger partial charge in [-0.1, -0.05) is 23.7 Å². The summed E-state index contributed by atoms with van der Waals surface area (Å²) in [6, 6.07) is 13.1. The number of halogens is 2. The van der Waals surface area contributed by atoms with Crippen LogP contribution >= 0.6 is 34.2 Å². The van der Waals surface area contributed by atoms with Crippen LogP contribution in [0.25, 0.3) is 0 Å². The number of rotatable bonds is 3. The van der Waals surface area contributed by atoms with Gasteiger partial charge in [-0.2, -0.15) is 0 Å². The van der Waals surface area contributed by atoms with Crippen molar-refractivity contribution in [3.8, 4) is 5.75 Å². The van der Waals surface area contributed by atoms with E-state index in [0.29, 0.717) is 0 Å². The second kappa shape index (κ2) is 5.80. The highest BCUT2D eigenvalue weighted by atomic mass is 127. The van der Waals surface area contributed by atoms with Crippen LogP contribution in [0.15, 0.2) is 42.5 Å². The topological polar surface area (TPSA) is 32.3 Å². The summed E-state index contributed by atoms with van der Waals surface area (Å²) in [4.78, 5) is 0. The van der Waals surface area contributed by atoms with E-state index in [1.165, 1.54) is 0 Å². The van der Waals surface area contributed by atoms with E-state index in [4.69, 9.17) is 11.6 Å². The van der Waals surface area contributed by atoms with Crippen LogP contribution in [-0.2, 0) is 0 Å². The minimum atomic E-state index is 0.117. The molecule has 0 spiro atoms. The van der Waals surface area contributed by atoms with E-state index >= 15 is 0 Å². The molecule has 94 valence electrons. The molecule has 1 atom stereocenters. The number of anilines is 1. The molecular formula is C14H13ClINO. The first-order valence-electron chi connectivity index (χ1n) is 5.57. The third-order valence-corrected chi connectivity index (χ3v) is 3.80. The summed E-state index contributed by atoms with van der Waals surface area (Å²) in [5, 5.41) is 13.6. The molecule has 0 aliphatic carbocycles. The van der Waals surface area contributed by atoms with Gasteiger partial charge in [-0.15, -0.1) is 0 Å². The minimum absolute atomic E-state index is 0.117. The van der Waals surface area contributed by atoms with Gasteiger partial charge in [0.1, 0.15) is 5.75 Å². The van der Waals surface area contributed by atoms with Gasteiger partial charge in [0.15, 0.2) is 0 Å². The molecule has 2 aromatic carbocycles. The van der Waals surface area contributed by atoms with Crippen molar-refractivity contribution in [3.63, 3.8) is 0 Å². The van der Waals surface area contributed by atoms with Gasteiger partial charge in [0.2, 0.25) is 0 Å². The zero-order valence-corrected chi connectivity index (χ0v) is 12.7. The summed E-state index contributed by atoms with van der Waals surface area (Å²) >= 11 is 8.17. The average molecular weight is 374 g/mol. The van der Waals surface area contributed by atoms with Gasteiger partial charge < -0.3 is 10.4 Å². The van der Waals surface area contributed by atoms with E-state index in [2.05, 4.69) is 34.8 Å². The van der Waals surface area contributed by atoms with Crippen molar-refractivity contribution >= 4 is 39.9 Å². The maximum atomic E-state index is 9.47. The lowest BCUT2D eigenvalue weighted by atomic mass is 10.1. The molecule has 0 aromatic heterocycles. The number of benzene rings is 2. The Morgan fingerprint density at radius 3 is 2.67 bits per heavy atom. The summed E-state index contributed by atoms with van der Waals surface area (Å²) in [5.74, 6) is 0.284. The fraction of sp³-hybridized carbons (Fsp3) is 0.143. The summed E-state index contributed by atoms with van der Waals surface area (Å²) in [6.07, 6.45) is 0. The smallest absolute Gasteiger partial charge is 0.115 e. The largest absolute Gasteiger partial charge is 0.508 e. The van der Waals surface area contributed by atoms with E-state index in [9.17, 15) is 5.11 Å². The van der Waals surface area contributed by atoms with Crippen molar-refractivity contribution in [1.29, 1.82) is 0 Å². The maximum Gasteiger partial charge on any atom is 0.115 e. The fourth-order valence-electron chi connectivity index (χ4n) is 1.72. The van der Waals surface area contributed by atoms with Gasteiger partial charge in [-0.05, 0) is 65.4 Å². The number of phenols is 1. The van der Waals surface area contributed by atoms with Crippen molar-refractivity contribution in [2.45, 2.75) is 13.0 Å². The van der Waals surface area contributed by atoms with E-state index in [-0.39, 0.29) is 11.8 Å². The molecule has 0 heterocycles. The van der Waals surface area contributed by atoms with Crippen LogP contribution in [0.3, 0.4) is 0 Å². The van der Waals surface area contributed by atoms with Crippen molar-refractivity contribution < 1.29 is 5.11 Å². The molecule has 0 saturated heterocycles. The molecular weight excluding hydrogens is 361 g/mol. The molecule has 0 saturated carbocycles. The lowest BCUT2D eigenvalue weighted by Crippen LogP contribution is -2.07. The van der Waals surface area contributed by atoms with Crippen molar-refractivity contribution in [2.75, 3.05) is 5.32 Å². The molecule has 2 rings (SSSR count). The Morgan fingerprint density at radius 2 is 2.00 bits per heavy atom. The molecule has 0 radical (unpaired) electrons. The molecule has 0 fully saturated rings. The Balaban J connectivity index is 2.18. The monoisotopic (exact) mass is 373 g/mol. The zero-order chi connectivity index (χ0) is 13.1. The summed E-state index contributed by atoms with van der Waals surface area (Å²) < 4.78 is 1.08. The quantitative estimate of drug-likeness (QED) is 0.756. The molecule has 1 unspecified atom stereocenters. The van der Waals surface area contributed by atoms with Gasteiger partial charge in [0.05, 0.1) is 0 Å². The molecule has 0 aliphatic heterocycles. The van der Waals surface area contributed by atoms with Crippen LogP contribution in [0.2, 0.25) is 5.02 Å². The lowest BCUT2D eigenvalue weighted by molar-refractivity contribution is 0.474. The van der Waals surface area contributed by atoms with Gasteiger partial charge in [-0.25, -0.2) is 0 Å². The van der Waals surface area contributed by atoms with Crippen LogP contribution < -0.4 is 5.32 Å². The predicted molar refractivity (Wildman–Crippen MR) is 84.3 cm³/mol. The average Bonchev–Trinajstić information content (AvgIpc) is 2.32. The molecule has 0 aliphatic rings. The van der Waals surface area contributed by atoms with E-state index in [1.54, 1.807) is 12.1 Å². The number of hydrogen-bond donors (Lipinski definition) is 2. The first kappa shape index (κ1) is 13.5. The van der Waals surface area contributed by atoms with Crippen molar-refractivity contribution in [1.82, 2.24) is 0 Å². The Labute approximate surface area is 125 Å². The van der Waals surface area contributed by atoms with Gasteiger partial charge in [0.25, 0.3) is 0 Å². The summed E-state index contributed by atoms with van der Waals surface area (Å²) in [5.41, 5.74) is 2.08. The lowest BCUT2D eigenvalue weighted by Gasteiger charge is -2.17. The highest BCUT2D eigenvalue weighted by Crippen LogP contribution is 2.27. The van der Waals surface area contributed by atoms with Gasteiger partial charge >= 0.3 is 0 Å². The Morgan fingerprint density at radius 1 is 1.22 bits per heavy atom. The molecule has 2 aromatic rings. The first-order valence-corrected chi connectivity index (χ1v) is 7.02. The molecule has 0 amide bonds. The number of phenolic OH excluding ortho intramolecular Hbond substituents is 1. The van der Waals surface area contributed by atoms with Crippen molar-refractivity contribution in [3.05, 3.63) is 56.6 Å². The van der Waals surface area contributed by atoms with E-state index < -0.39 is 0 Å². The second-order valence-electron chi connectivity index (χ2n) is 4.09. The molecule has 4 heteroatoms. The SMILES string of the molecule is CC(Nc1ccc(Cl)cc1I)c1cccc(O)c1. The maximum absolute atomic E-state index is 9.47. The van der Waals surface area contributed by atoms with Crippen molar-refractivity contribution in [2.24, 2.45) is 0 Å². The van der Waals surface area contributed by atoms with Gasteiger partial charge in [0, 0.05) is 20.3 Å². The number of nitrogens with one attached hydrogen (secondary N) is 1. The number of aromatic hydroxyl groups is 1. The predicted octanol–water partition coefficient (Wildman–Crippen LogP) is 4.82. The molecule has 2 N–H and O–H groups in total. The normalized spacial score (nSPS) is 12.2. The highest BCUT2D eigenvalue weighted by molar-refractivity contribution is 14.1. The molecule has 2 nitrogen and oxygen atoms in total. The Kier molecular flexibility index (Phi) is 4.35. The van der Waals surface area contributed by atoms with Crippen LogP contribution in [0, 0.1) is 3.57 Å². The first-order chi connectivity index (χ1) is 8.56.